The van der Waals surface area contributed by atoms with Crippen LogP contribution in [0.15, 0.2) is 36.7 Å². The van der Waals surface area contributed by atoms with Gasteiger partial charge in [-0.3, -0.25) is 14.6 Å². The van der Waals surface area contributed by atoms with Gasteiger partial charge in [-0.2, -0.15) is 0 Å². The fourth-order valence-electron chi connectivity index (χ4n) is 3.79. The molecule has 0 bridgehead atoms. The third kappa shape index (κ3) is 4.07. The van der Waals surface area contributed by atoms with Crippen LogP contribution in [0.25, 0.3) is 0 Å². The Bertz CT molecular complexity index is 863. The molecule has 8 heteroatoms. The Labute approximate surface area is 169 Å². The number of aromatic nitrogens is 2. The molecule has 0 unspecified atom stereocenters. The van der Waals surface area contributed by atoms with Crippen molar-refractivity contribution in [1.82, 2.24) is 19.8 Å². The number of nitrogens with zero attached hydrogens (tertiary/aromatic N) is 4. The van der Waals surface area contributed by atoms with Crippen LogP contribution in [-0.4, -0.2) is 71.5 Å². The topological polar surface area (TPSA) is 84.9 Å². The molecule has 0 aromatic carbocycles. The summed E-state index contributed by atoms with van der Waals surface area (Å²) in [6, 6.07) is 6.97. The van der Waals surface area contributed by atoms with Crippen molar-refractivity contribution in [1.29, 1.82) is 0 Å². The van der Waals surface area contributed by atoms with Crippen LogP contribution >= 0.6 is 0 Å². The summed E-state index contributed by atoms with van der Waals surface area (Å²) < 4.78 is 10.4. The Morgan fingerprint density at radius 1 is 1.00 bits per heavy atom. The van der Waals surface area contributed by atoms with Crippen LogP contribution in [0.4, 0.5) is 0 Å². The minimum absolute atomic E-state index is 0.0315. The van der Waals surface area contributed by atoms with E-state index in [0.717, 1.165) is 18.5 Å². The highest BCUT2D eigenvalue weighted by atomic mass is 16.5. The van der Waals surface area contributed by atoms with Crippen LogP contribution in [0.2, 0.25) is 0 Å². The quantitative estimate of drug-likeness (QED) is 0.785. The maximum absolute atomic E-state index is 13.0. The summed E-state index contributed by atoms with van der Waals surface area (Å²) in [5.41, 5.74) is 1.89. The summed E-state index contributed by atoms with van der Waals surface area (Å²) in [7, 11) is 1.54. The molecule has 29 heavy (non-hydrogen) atoms. The third-order valence-electron chi connectivity index (χ3n) is 5.38. The second-order valence-corrected chi connectivity index (χ2v) is 7.12. The summed E-state index contributed by atoms with van der Waals surface area (Å²) in [5.74, 6) is 0.371. The zero-order valence-electron chi connectivity index (χ0n) is 16.4. The molecule has 2 aliphatic heterocycles. The summed E-state index contributed by atoms with van der Waals surface area (Å²) in [6.07, 6.45) is 4.91. The lowest BCUT2D eigenvalue weighted by molar-refractivity contribution is 0.0302. The normalized spacial score (nSPS) is 19.3. The van der Waals surface area contributed by atoms with E-state index in [9.17, 15) is 9.59 Å². The average molecular weight is 396 g/mol. The number of carbonyl (C=O) groups is 2. The second kappa shape index (κ2) is 8.57. The first-order valence-corrected chi connectivity index (χ1v) is 9.81. The minimum Gasteiger partial charge on any atom is -0.481 e. The Morgan fingerprint density at radius 2 is 1.72 bits per heavy atom. The maximum atomic E-state index is 13.0. The molecular formula is C21H24N4O4. The first-order chi connectivity index (χ1) is 14.2. The molecule has 1 atom stereocenters. The van der Waals surface area contributed by atoms with Gasteiger partial charge >= 0.3 is 0 Å². The molecule has 152 valence electrons. The van der Waals surface area contributed by atoms with Gasteiger partial charge in [0.25, 0.3) is 11.8 Å². The predicted octanol–water partition coefficient (Wildman–Crippen LogP) is 1.93. The molecule has 2 saturated heterocycles. The lowest BCUT2D eigenvalue weighted by atomic mass is 10.1. The van der Waals surface area contributed by atoms with Gasteiger partial charge in [0.1, 0.15) is 0 Å². The molecule has 2 aromatic rings. The Balaban J connectivity index is 1.48. The van der Waals surface area contributed by atoms with E-state index in [0.29, 0.717) is 49.9 Å². The molecule has 0 spiro atoms. The Morgan fingerprint density at radius 3 is 2.38 bits per heavy atom. The average Bonchev–Trinajstić information content (AvgIpc) is 3.29. The van der Waals surface area contributed by atoms with Gasteiger partial charge in [0.2, 0.25) is 5.88 Å². The Hall–Kier alpha value is -3.00. The fraction of sp³-hybridized carbons (Fsp3) is 0.429. The molecule has 2 aromatic heterocycles. The first-order valence-electron chi connectivity index (χ1n) is 9.81. The number of hydrogen-bond donors (Lipinski definition) is 0. The van der Waals surface area contributed by atoms with Gasteiger partial charge in [-0.05, 0) is 31.0 Å². The fourth-order valence-corrected chi connectivity index (χ4v) is 3.79. The van der Waals surface area contributed by atoms with Crippen LogP contribution in [0.5, 0.6) is 5.88 Å². The molecule has 2 aliphatic rings. The zero-order valence-corrected chi connectivity index (χ0v) is 16.4. The van der Waals surface area contributed by atoms with Crippen molar-refractivity contribution in [3.8, 4) is 5.88 Å². The third-order valence-corrected chi connectivity index (χ3v) is 5.38. The van der Waals surface area contributed by atoms with E-state index in [1.165, 1.54) is 6.20 Å². The van der Waals surface area contributed by atoms with Gasteiger partial charge in [0, 0.05) is 38.1 Å². The summed E-state index contributed by atoms with van der Waals surface area (Å²) in [4.78, 5) is 37.8. The minimum atomic E-state index is -0.0999. The van der Waals surface area contributed by atoms with Crippen LogP contribution in [-0.2, 0) is 4.74 Å². The molecule has 0 radical (unpaired) electrons. The SMILES string of the molecule is COc1ccc(C(=O)N2CCC[C@@H]2c2ccc(C(=O)N3CCOCC3)cn2)cn1. The van der Waals surface area contributed by atoms with Crippen molar-refractivity contribution in [2.45, 2.75) is 18.9 Å². The van der Waals surface area contributed by atoms with E-state index >= 15 is 0 Å². The van der Waals surface area contributed by atoms with Crippen LogP contribution in [0.3, 0.4) is 0 Å². The lowest BCUT2D eigenvalue weighted by Crippen LogP contribution is -2.40. The molecule has 4 rings (SSSR count). The number of pyridine rings is 2. The van der Waals surface area contributed by atoms with Gasteiger partial charge in [-0.1, -0.05) is 0 Å². The maximum Gasteiger partial charge on any atom is 0.255 e. The highest BCUT2D eigenvalue weighted by Crippen LogP contribution is 2.32. The van der Waals surface area contributed by atoms with E-state index in [2.05, 4.69) is 9.97 Å². The van der Waals surface area contributed by atoms with Crippen molar-refractivity contribution in [3.63, 3.8) is 0 Å². The smallest absolute Gasteiger partial charge is 0.255 e. The summed E-state index contributed by atoms with van der Waals surface area (Å²) >= 11 is 0. The number of methoxy groups -OCH3 is 1. The number of rotatable bonds is 4. The van der Waals surface area contributed by atoms with E-state index in [-0.39, 0.29) is 17.9 Å². The molecule has 4 heterocycles. The summed E-state index contributed by atoms with van der Waals surface area (Å²) in [5, 5.41) is 0. The van der Waals surface area contributed by atoms with Gasteiger partial charge in [0.05, 0.1) is 43.2 Å². The van der Waals surface area contributed by atoms with Crippen molar-refractivity contribution in [2.24, 2.45) is 0 Å². The number of carbonyl (C=O) groups excluding carboxylic acids is 2. The largest absolute Gasteiger partial charge is 0.481 e. The van der Waals surface area contributed by atoms with Crippen LogP contribution in [0, 0.1) is 0 Å². The van der Waals surface area contributed by atoms with Crippen molar-refractivity contribution >= 4 is 11.8 Å². The van der Waals surface area contributed by atoms with Crippen molar-refractivity contribution < 1.29 is 19.1 Å². The standard InChI is InChI=1S/C21H24N4O4/c1-28-19-7-5-16(14-23-19)21(27)25-8-2-3-18(25)17-6-4-15(13-22-17)20(26)24-9-11-29-12-10-24/h4-7,13-14,18H,2-3,8-12H2,1H3/t18-/m1/s1. The zero-order chi connectivity index (χ0) is 20.2. The summed E-state index contributed by atoms with van der Waals surface area (Å²) in [6.45, 7) is 3.00. The molecule has 0 N–H and O–H groups in total. The number of hydrogen-bond acceptors (Lipinski definition) is 6. The van der Waals surface area contributed by atoms with Gasteiger partial charge < -0.3 is 19.3 Å². The van der Waals surface area contributed by atoms with Crippen molar-refractivity contribution in [2.75, 3.05) is 40.0 Å². The second-order valence-electron chi connectivity index (χ2n) is 7.12. The molecule has 0 aliphatic carbocycles. The molecule has 8 nitrogen and oxygen atoms in total. The van der Waals surface area contributed by atoms with Crippen LogP contribution < -0.4 is 4.74 Å². The van der Waals surface area contributed by atoms with E-state index < -0.39 is 0 Å². The van der Waals surface area contributed by atoms with Gasteiger partial charge in [-0.25, -0.2) is 4.98 Å². The Kier molecular flexibility index (Phi) is 5.71. The first kappa shape index (κ1) is 19.3. The highest BCUT2D eigenvalue weighted by molar-refractivity contribution is 5.95. The monoisotopic (exact) mass is 396 g/mol. The number of ether oxygens (including phenoxy) is 2. The molecular weight excluding hydrogens is 372 g/mol. The van der Waals surface area contributed by atoms with E-state index in [1.54, 1.807) is 36.4 Å². The molecule has 2 amide bonds. The van der Waals surface area contributed by atoms with Crippen LogP contribution in [0.1, 0.15) is 45.3 Å². The van der Waals surface area contributed by atoms with E-state index in [4.69, 9.17) is 9.47 Å². The van der Waals surface area contributed by atoms with Gasteiger partial charge in [0.15, 0.2) is 0 Å². The number of morpholine rings is 1. The lowest BCUT2D eigenvalue weighted by Gasteiger charge is -2.27. The van der Waals surface area contributed by atoms with E-state index in [1.807, 2.05) is 11.0 Å². The predicted molar refractivity (Wildman–Crippen MR) is 105 cm³/mol. The number of likely N-dealkylation sites (tertiary alicyclic amines) is 1. The molecule has 2 fully saturated rings. The van der Waals surface area contributed by atoms with Crippen molar-refractivity contribution in [3.05, 3.63) is 53.5 Å². The van der Waals surface area contributed by atoms with Gasteiger partial charge in [-0.15, -0.1) is 0 Å². The number of amides is 2. The molecule has 0 saturated carbocycles. The highest BCUT2D eigenvalue weighted by Gasteiger charge is 2.32.